The number of amidine groups is 1. The molecule has 1 aliphatic heterocycles. The lowest BCUT2D eigenvalue weighted by Gasteiger charge is -2.11. The van der Waals surface area contributed by atoms with Crippen LogP contribution in [0.4, 0.5) is 0 Å². The van der Waals surface area contributed by atoms with Crippen LogP contribution in [0.5, 0.6) is 5.75 Å². The summed E-state index contributed by atoms with van der Waals surface area (Å²) in [6.45, 7) is 0. The molecule has 2 aromatic carbocycles. The van der Waals surface area contributed by atoms with Crippen molar-refractivity contribution in [1.29, 1.82) is 5.26 Å². The standard InChI is InChI=1S/C19H15N3O2/c1-22-18(15-7-3-14(12-20)4-8-15)21-17(19(22)23)11-13-5-9-16(24-2)10-6-13/h3-11H,1-2H3/b17-11+. The summed E-state index contributed by atoms with van der Waals surface area (Å²) in [5, 5.41) is 8.87. The molecule has 0 radical (unpaired) electrons. The molecule has 0 bridgehead atoms. The van der Waals surface area contributed by atoms with Crippen molar-refractivity contribution in [2.45, 2.75) is 0 Å². The largest absolute Gasteiger partial charge is 0.497 e. The predicted octanol–water partition coefficient (Wildman–Crippen LogP) is 2.83. The average Bonchev–Trinajstić information content (AvgIpc) is 2.91. The van der Waals surface area contributed by atoms with E-state index in [1.807, 2.05) is 24.3 Å². The molecule has 0 fully saturated rings. The summed E-state index contributed by atoms with van der Waals surface area (Å²) >= 11 is 0. The van der Waals surface area contributed by atoms with Gasteiger partial charge in [-0.05, 0) is 48.0 Å². The van der Waals surface area contributed by atoms with E-state index in [1.165, 1.54) is 4.90 Å². The summed E-state index contributed by atoms with van der Waals surface area (Å²) in [6, 6.07) is 16.5. The van der Waals surface area contributed by atoms with Gasteiger partial charge in [0, 0.05) is 12.6 Å². The van der Waals surface area contributed by atoms with Gasteiger partial charge >= 0.3 is 0 Å². The van der Waals surface area contributed by atoms with Gasteiger partial charge in [0.15, 0.2) is 0 Å². The van der Waals surface area contributed by atoms with Gasteiger partial charge in [-0.3, -0.25) is 9.69 Å². The molecule has 2 aromatic rings. The van der Waals surface area contributed by atoms with Crippen LogP contribution in [0.15, 0.2) is 59.2 Å². The average molecular weight is 317 g/mol. The fourth-order valence-electron chi connectivity index (χ4n) is 2.41. The molecular formula is C19H15N3O2. The number of methoxy groups -OCH3 is 1. The maximum Gasteiger partial charge on any atom is 0.277 e. The highest BCUT2D eigenvalue weighted by Gasteiger charge is 2.27. The number of carbonyl (C=O) groups is 1. The Morgan fingerprint density at radius 2 is 1.79 bits per heavy atom. The first-order valence-electron chi connectivity index (χ1n) is 7.35. The van der Waals surface area contributed by atoms with Crippen LogP contribution in [-0.4, -0.2) is 30.8 Å². The molecule has 118 valence electrons. The smallest absolute Gasteiger partial charge is 0.277 e. The number of benzene rings is 2. The molecule has 0 aliphatic carbocycles. The van der Waals surface area contributed by atoms with Crippen molar-refractivity contribution in [3.8, 4) is 11.8 Å². The van der Waals surface area contributed by atoms with Crippen molar-refractivity contribution in [1.82, 2.24) is 4.90 Å². The highest BCUT2D eigenvalue weighted by molar-refractivity contribution is 6.19. The monoisotopic (exact) mass is 317 g/mol. The van der Waals surface area contributed by atoms with Gasteiger partial charge in [0.1, 0.15) is 17.3 Å². The van der Waals surface area contributed by atoms with Crippen molar-refractivity contribution in [2.24, 2.45) is 4.99 Å². The third kappa shape index (κ3) is 2.90. The van der Waals surface area contributed by atoms with E-state index in [9.17, 15) is 4.79 Å². The topological polar surface area (TPSA) is 65.7 Å². The molecular weight excluding hydrogens is 302 g/mol. The maximum absolute atomic E-state index is 12.4. The summed E-state index contributed by atoms with van der Waals surface area (Å²) < 4.78 is 5.12. The van der Waals surface area contributed by atoms with Crippen LogP contribution in [0.3, 0.4) is 0 Å². The third-order valence-electron chi connectivity index (χ3n) is 3.76. The van der Waals surface area contributed by atoms with Gasteiger partial charge in [0.2, 0.25) is 0 Å². The molecule has 0 saturated carbocycles. The van der Waals surface area contributed by atoms with Crippen LogP contribution in [0, 0.1) is 11.3 Å². The number of nitrogens with zero attached hydrogens (tertiary/aromatic N) is 3. The number of hydrogen-bond acceptors (Lipinski definition) is 4. The van der Waals surface area contributed by atoms with Gasteiger partial charge in [-0.2, -0.15) is 5.26 Å². The second kappa shape index (κ2) is 6.39. The second-order valence-corrected chi connectivity index (χ2v) is 5.29. The van der Waals surface area contributed by atoms with E-state index in [2.05, 4.69) is 11.1 Å². The summed E-state index contributed by atoms with van der Waals surface area (Å²) in [6.07, 6.45) is 1.74. The van der Waals surface area contributed by atoms with Crippen molar-refractivity contribution < 1.29 is 9.53 Å². The molecule has 1 heterocycles. The van der Waals surface area contributed by atoms with Gasteiger partial charge in [0.25, 0.3) is 5.91 Å². The SMILES string of the molecule is COc1ccc(/C=C2/N=C(c3ccc(C#N)cc3)N(C)C2=O)cc1. The minimum atomic E-state index is -0.162. The zero-order valence-corrected chi connectivity index (χ0v) is 13.4. The first kappa shape index (κ1) is 15.5. The van der Waals surface area contributed by atoms with Crippen molar-refractivity contribution in [2.75, 3.05) is 14.2 Å². The molecule has 3 rings (SSSR count). The summed E-state index contributed by atoms with van der Waals surface area (Å²) in [4.78, 5) is 18.4. The van der Waals surface area contributed by atoms with Gasteiger partial charge in [-0.1, -0.05) is 12.1 Å². The zero-order chi connectivity index (χ0) is 17.1. The molecule has 1 aliphatic rings. The summed E-state index contributed by atoms with van der Waals surface area (Å²) in [7, 11) is 3.30. The molecule has 24 heavy (non-hydrogen) atoms. The minimum Gasteiger partial charge on any atom is -0.497 e. The van der Waals surface area contributed by atoms with E-state index in [0.717, 1.165) is 16.9 Å². The van der Waals surface area contributed by atoms with E-state index in [4.69, 9.17) is 10.00 Å². The molecule has 5 nitrogen and oxygen atoms in total. The van der Waals surface area contributed by atoms with Gasteiger partial charge < -0.3 is 4.74 Å². The number of ether oxygens (including phenoxy) is 1. The third-order valence-corrected chi connectivity index (χ3v) is 3.76. The quantitative estimate of drug-likeness (QED) is 0.818. The Labute approximate surface area is 140 Å². The first-order chi connectivity index (χ1) is 11.6. The molecule has 1 amide bonds. The first-order valence-corrected chi connectivity index (χ1v) is 7.35. The summed E-state index contributed by atoms with van der Waals surface area (Å²) in [5.74, 6) is 1.17. The number of hydrogen-bond donors (Lipinski definition) is 0. The lowest BCUT2D eigenvalue weighted by atomic mass is 10.1. The van der Waals surface area contributed by atoms with E-state index in [0.29, 0.717) is 17.1 Å². The Balaban J connectivity index is 1.93. The Morgan fingerprint density at radius 3 is 2.38 bits per heavy atom. The van der Waals surface area contributed by atoms with Crippen molar-refractivity contribution in [3.05, 3.63) is 70.9 Å². The molecule has 0 unspecified atom stereocenters. The Morgan fingerprint density at radius 1 is 1.12 bits per heavy atom. The lowest BCUT2D eigenvalue weighted by Crippen LogP contribution is -2.28. The van der Waals surface area contributed by atoms with Gasteiger partial charge in [-0.25, -0.2) is 4.99 Å². The molecule has 0 N–H and O–H groups in total. The zero-order valence-electron chi connectivity index (χ0n) is 13.4. The van der Waals surface area contributed by atoms with Gasteiger partial charge in [-0.15, -0.1) is 0 Å². The number of likely N-dealkylation sites (N-methyl/N-ethyl adjacent to an activating group) is 1. The van der Waals surface area contributed by atoms with Crippen molar-refractivity contribution in [3.63, 3.8) is 0 Å². The van der Waals surface area contributed by atoms with Crippen LogP contribution in [0.25, 0.3) is 6.08 Å². The minimum absolute atomic E-state index is 0.162. The van der Waals surface area contributed by atoms with E-state index < -0.39 is 0 Å². The molecule has 0 atom stereocenters. The number of carbonyl (C=O) groups excluding carboxylic acids is 1. The normalized spacial score (nSPS) is 15.4. The maximum atomic E-state index is 12.4. The predicted molar refractivity (Wildman–Crippen MR) is 91.4 cm³/mol. The van der Waals surface area contributed by atoms with Gasteiger partial charge in [0.05, 0.1) is 18.7 Å². The number of nitriles is 1. The second-order valence-electron chi connectivity index (χ2n) is 5.29. The lowest BCUT2D eigenvalue weighted by molar-refractivity contribution is -0.121. The number of amides is 1. The van der Waals surface area contributed by atoms with Crippen LogP contribution in [-0.2, 0) is 4.79 Å². The molecule has 0 saturated heterocycles. The summed E-state index contributed by atoms with van der Waals surface area (Å²) in [5.41, 5.74) is 2.61. The van der Waals surface area contributed by atoms with E-state index in [1.54, 1.807) is 44.5 Å². The van der Waals surface area contributed by atoms with Crippen LogP contribution in [0.1, 0.15) is 16.7 Å². The fourth-order valence-corrected chi connectivity index (χ4v) is 2.41. The van der Waals surface area contributed by atoms with Crippen molar-refractivity contribution >= 4 is 17.8 Å². The Kier molecular flexibility index (Phi) is 4.13. The molecule has 0 aromatic heterocycles. The Hall–Kier alpha value is -3.39. The van der Waals surface area contributed by atoms with E-state index in [-0.39, 0.29) is 5.91 Å². The fraction of sp³-hybridized carbons (Fsp3) is 0.105. The highest BCUT2D eigenvalue weighted by Crippen LogP contribution is 2.22. The highest BCUT2D eigenvalue weighted by atomic mass is 16.5. The van der Waals surface area contributed by atoms with Crippen LogP contribution >= 0.6 is 0 Å². The van der Waals surface area contributed by atoms with Crippen LogP contribution < -0.4 is 4.74 Å². The van der Waals surface area contributed by atoms with Crippen LogP contribution in [0.2, 0.25) is 0 Å². The molecule has 5 heteroatoms. The number of aliphatic imine (C=N–C) groups is 1. The van der Waals surface area contributed by atoms with E-state index >= 15 is 0 Å². The molecule has 0 spiro atoms. The number of rotatable bonds is 3. The Bertz CT molecular complexity index is 872.